The van der Waals surface area contributed by atoms with Gasteiger partial charge < -0.3 is 20.5 Å². The second-order valence-electron chi connectivity index (χ2n) is 5.26. The van der Waals surface area contributed by atoms with Crippen molar-refractivity contribution >= 4 is 34.9 Å². The summed E-state index contributed by atoms with van der Waals surface area (Å²) in [5, 5.41) is 3.12. The van der Waals surface area contributed by atoms with Gasteiger partial charge in [-0.1, -0.05) is 24.6 Å². The highest BCUT2D eigenvalue weighted by Crippen LogP contribution is 2.28. The molecule has 0 aliphatic rings. The molecule has 2 aromatic carbocycles. The van der Waals surface area contributed by atoms with E-state index in [9.17, 15) is 9.59 Å². The molecule has 0 radical (unpaired) electrons. The fourth-order valence-corrected chi connectivity index (χ4v) is 2.35. The topological polar surface area (TPSA) is 90.7 Å². The second-order valence-corrected chi connectivity index (χ2v) is 5.70. The molecule has 0 bridgehead atoms. The summed E-state index contributed by atoms with van der Waals surface area (Å²) < 4.78 is 10.5. The number of nitrogen functional groups attached to an aromatic ring is 1. The van der Waals surface area contributed by atoms with Gasteiger partial charge in [-0.3, -0.25) is 4.79 Å². The largest absolute Gasteiger partial charge is 0.495 e. The lowest BCUT2D eigenvalue weighted by molar-refractivity contribution is -0.124. The van der Waals surface area contributed by atoms with Crippen molar-refractivity contribution in [2.75, 3.05) is 18.2 Å². The summed E-state index contributed by atoms with van der Waals surface area (Å²) in [6, 6.07) is 11.2. The highest BCUT2D eigenvalue weighted by Gasteiger charge is 2.23. The van der Waals surface area contributed by atoms with E-state index in [1.165, 1.54) is 13.2 Å². The molecule has 6 nitrogen and oxygen atoms in total. The van der Waals surface area contributed by atoms with Crippen LogP contribution in [0, 0.1) is 0 Å². The number of nitrogens with one attached hydrogen (secondary N) is 1. The van der Waals surface area contributed by atoms with Crippen LogP contribution in [0.1, 0.15) is 23.7 Å². The number of hydrogen-bond acceptors (Lipinski definition) is 5. The number of esters is 1. The van der Waals surface area contributed by atoms with Crippen LogP contribution < -0.4 is 15.8 Å². The molecule has 7 heteroatoms. The number of hydrogen-bond donors (Lipinski definition) is 2. The fraction of sp³-hybridized carbons (Fsp3) is 0.222. The van der Waals surface area contributed by atoms with Crippen LogP contribution in [-0.4, -0.2) is 25.1 Å². The third kappa shape index (κ3) is 4.87. The standard InChI is InChI=1S/C18H19ClN2O4/c1-3-15(25-18(23)11-5-4-6-13(20)9-11)17(22)21-14-10-12(19)7-8-16(14)24-2/h4-10,15H,3,20H2,1-2H3,(H,21,22). The Bertz CT molecular complexity index is 779. The summed E-state index contributed by atoms with van der Waals surface area (Å²) >= 11 is 5.95. The van der Waals surface area contributed by atoms with Crippen LogP contribution in [0.15, 0.2) is 42.5 Å². The molecule has 0 spiro atoms. The van der Waals surface area contributed by atoms with E-state index < -0.39 is 18.0 Å². The molecule has 2 aromatic rings. The molecule has 0 aliphatic heterocycles. The lowest BCUT2D eigenvalue weighted by Gasteiger charge is -2.17. The van der Waals surface area contributed by atoms with Crippen molar-refractivity contribution in [1.82, 2.24) is 0 Å². The quantitative estimate of drug-likeness (QED) is 0.606. The lowest BCUT2D eigenvalue weighted by atomic mass is 10.2. The number of carbonyl (C=O) groups is 2. The zero-order valence-electron chi connectivity index (χ0n) is 13.9. The number of rotatable bonds is 6. The third-order valence-electron chi connectivity index (χ3n) is 3.45. The monoisotopic (exact) mass is 362 g/mol. The van der Waals surface area contributed by atoms with Crippen LogP contribution >= 0.6 is 11.6 Å². The van der Waals surface area contributed by atoms with E-state index in [0.717, 1.165) is 0 Å². The average Bonchev–Trinajstić information content (AvgIpc) is 2.59. The first-order valence-corrected chi connectivity index (χ1v) is 8.03. The molecule has 0 saturated carbocycles. The zero-order chi connectivity index (χ0) is 18.4. The number of ether oxygens (including phenoxy) is 2. The van der Waals surface area contributed by atoms with Gasteiger partial charge in [-0.05, 0) is 42.8 Å². The first-order chi connectivity index (χ1) is 11.9. The van der Waals surface area contributed by atoms with Crippen molar-refractivity contribution in [3.8, 4) is 5.75 Å². The van der Waals surface area contributed by atoms with Crippen molar-refractivity contribution < 1.29 is 19.1 Å². The maximum absolute atomic E-state index is 12.4. The molecule has 0 saturated heterocycles. The summed E-state index contributed by atoms with van der Waals surface area (Å²) in [4.78, 5) is 24.6. The number of amides is 1. The van der Waals surface area contributed by atoms with E-state index >= 15 is 0 Å². The number of carbonyl (C=O) groups excluding carboxylic acids is 2. The number of anilines is 2. The molecule has 0 fully saturated rings. The molecule has 25 heavy (non-hydrogen) atoms. The third-order valence-corrected chi connectivity index (χ3v) is 3.69. The Morgan fingerprint density at radius 1 is 1.24 bits per heavy atom. The van der Waals surface area contributed by atoms with Crippen molar-refractivity contribution in [1.29, 1.82) is 0 Å². The predicted molar refractivity (Wildman–Crippen MR) is 97.0 cm³/mol. The maximum Gasteiger partial charge on any atom is 0.338 e. The smallest absolute Gasteiger partial charge is 0.338 e. The Labute approximate surface area is 150 Å². The highest BCUT2D eigenvalue weighted by atomic mass is 35.5. The molecule has 1 unspecified atom stereocenters. The van der Waals surface area contributed by atoms with Gasteiger partial charge in [0.15, 0.2) is 6.10 Å². The lowest BCUT2D eigenvalue weighted by Crippen LogP contribution is -2.32. The molecule has 1 atom stereocenters. The van der Waals surface area contributed by atoms with Gasteiger partial charge in [-0.2, -0.15) is 0 Å². The minimum absolute atomic E-state index is 0.284. The Balaban J connectivity index is 2.11. The van der Waals surface area contributed by atoms with E-state index in [-0.39, 0.29) is 5.56 Å². The van der Waals surface area contributed by atoms with Crippen molar-refractivity contribution in [2.45, 2.75) is 19.4 Å². The number of methoxy groups -OCH3 is 1. The molecule has 1 amide bonds. The van der Waals surface area contributed by atoms with Gasteiger partial charge in [-0.15, -0.1) is 0 Å². The van der Waals surface area contributed by atoms with E-state index in [0.29, 0.717) is 28.6 Å². The van der Waals surface area contributed by atoms with Gasteiger partial charge in [0.1, 0.15) is 5.75 Å². The molecule has 2 rings (SSSR count). The zero-order valence-corrected chi connectivity index (χ0v) is 14.7. The van der Waals surface area contributed by atoms with Gasteiger partial charge >= 0.3 is 5.97 Å². The molecule has 0 aliphatic carbocycles. The molecule has 0 heterocycles. The van der Waals surface area contributed by atoms with Crippen molar-refractivity contribution in [3.63, 3.8) is 0 Å². The summed E-state index contributed by atoms with van der Waals surface area (Å²) in [6.07, 6.45) is -0.652. The number of benzene rings is 2. The molecule has 0 aromatic heterocycles. The minimum atomic E-state index is -0.961. The van der Waals surface area contributed by atoms with Crippen LogP contribution in [0.3, 0.4) is 0 Å². The van der Waals surface area contributed by atoms with Gasteiger partial charge in [0.25, 0.3) is 5.91 Å². The average molecular weight is 363 g/mol. The maximum atomic E-state index is 12.4. The first kappa shape index (κ1) is 18.6. The fourth-order valence-electron chi connectivity index (χ4n) is 2.18. The molecular formula is C18H19ClN2O4. The predicted octanol–water partition coefficient (Wildman–Crippen LogP) is 3.50. The van der Waals surface area contributed by atoms with Crippen LogP contribution in [0.4, 0.5) is 11.4 Å². The van der Waals surface area contributed by atoms with Crippen LogP contribution in [0.5, 0.6) is 5.75 Å². The summed E-state index contributed by atoms with van der Waals surface area (Å²) in [7, 11) is 1.48. The van der Waals surface area contributed by atoms with Gasteiger partial charge in [0.2, 0.25) is 0 Å². The van der Waals surface area contributed by atoms with E-state index in [2.05, 4.69) is 5.32 Å². The summed E-state index contributed by atoms with van der Waals surface area (Å²) in [5.74, 6) is -0.637. The second kappa shape index (κ2) is 8.39. The number of nitrogens with two attached hydrogens (primary N) is 1. The van der Waals surface area contributed by atoms with Gasteiger partial charge in [0, 0.05) is 10.7 Å². The van der Waals surface area contributed by atoms with E-state index in [1.807, 2.05) is 0 Å². The Hall–Kier alpha value is -2.73. The van der Waals surface area contributed by atoms with E-state index in [1.54, 1.807) is 43.3 Å². The Kier molecular flexibility index (Phi) is 6.25. The Morgan fingerprint density at radius 3 is 2.64 bits per heavy atom. The first-order valence-electron chi connectivity index (χ1n) is 7.65. The van der Waals surface area contributed by atoms with E-state index in [4.69, 9.17) is 26.8 Å². The van der Waals surface area contributed by atoms with Crippen molar-refractivity contribution in [2.24, 2.45) is 0 Å². The van der Waals surface area contributed by atoms with Crippen LogP contribution in [-0.2, 0) is 9.53 Å². The van der Waals surface area contributed by atoms with Crippen LogP contribution in [0.25, 0.3) is 0 Å². The Morgan fingerprint density at radius 2 is 2.00 bits per heavy atom. The highest BCUT2D eigenvalue weighted by molar-refractivity contribution is 6.31. The molecule has 132 valence electrons. The number of halogens is 1. The molecule has 3 N–H and O–H groups in total. The van der Waals surface area contributed by atoms with Crippen molar-refractivity contribution in [3.05, 3.63) is 53.1 Å². The minimum Gasteiger partial charge on any atom is -0.495 e. The normalized spacial score (nSPS) is 11.5. The summed E-state index contributed by atoms with van der Waals surface area (Å²) in [5.41, 5.74) is 6.78. The molecular weight excluding hydrogens is 344 g/mol. The van der Waals surface area contributed by atoms with Crippen LogP contribution in [0.2, 0.25) is 5.02 Å². The van der Waals surface area contributed by atoms with Gasteiger partial charge in [-0.25, -0.2) is 4.79 Å². The SMILES string of the molecule is CCC(OC(=O)c1cccc(N)c1)C(=O)Nc1cc(Cl)ccc1OC. The van der Waals surface area contributed by atoms with Gasteiger partial charge in [0.05, 0.1) is 18.4 Å². The summed E-state index contributed by atoms with van der Waals surface area (Å²) in [6.45, 7) is 1.74.